The van der Waals surface area contributed by atoms with E-state index in [1.54, 1.807) is 6.07 Å². The Kier molecular flexibility index (Phi) is 5.98. The molecule has 0 bridgehead atoms. The van der Waals surface area contributed by atoms with Gasteiger partial charge in [-0.15, -0.1) is 0 Å². The van der Waals surface area contributed by atoms with Crippen molar-refractivity contribution in [3.05, 3.63) is 35.4 Å². The van der Waals surface area contributed by atoms with Crippen molar-refractivity contribution in [1.29, 1.82) is 0 Å². The summed E-state index contributed by atoms with van der Waals surface area (Å²) in [6.45, 7) is 0.267. The number of rotatable bonds is 7. The highest BCUT2D eigenvalue weighted by Gasteiger charge is 2.19. The molecule has 6 nitrogen and oxygen atoms in total. The Hall–Kier alpha value is -1.92. The molecular weight excluding hydrogens is 248 g/mol. The second-order valence-electron chi connectivity index (χ2n) is 4.06. The number of hydrogen-bond donors (Lipinski definition) is 3. The van der Waals surface area contributed by atoms with Crippen LogP contribution in [0, 0.1) is 0 Å². The Morgan fingerprint density at radius 1 is 1.37 bits per heavy atom. The van der Waals surface area contributed by atoms with Gasteiger partial charge in [-0.1, -0.05) is 24.3 Å². The van der Waals surface area contributed by atoms with Crippen LogP contribution >= 0.6 is 0 Å². The van der Waals surface area contributed by atoms with Crippen LogP contribution in [0.15, 0.2) is 24.3 Å². The first kappa shape index (κ1) is 15.1. The normalized spacial score (nSPS) is 11.9. The van der Waals surface area contributed by atoms with E-state index in [0.717, 1.165) is 11.1 Å². The zero-order valence-electron chi connectivity index (χ0n) is 10.8. The first-order valence-electron chi connectivity index (χ1n) is 5.86. The third-order valence-electron chi connectivity index (χ3n) is 2.66. The van der Waals surface area contributed by atoms with Gasteiger partial charge >= 0.3 is 5.97 Å². The number of methoxy groups -OCH3 is 1. The SMILES string of the molecule is COCC(NC(=O)Cc1ccccc1CN)C(=O)O. The molecule has 0 fully saturated rings. The number of ether oxygens (including phenoxy) is 1. The molecule has 1 unspecified atom stereocenters. The van der Waals surface area contributed by atoms with Crippen LogP contribution in [0.1, 0.15) is 11.1 Å². The molecule has 0 aromatic heterocycles. The van der Waals surface area contributed by atoms with Crippen LogP contribution in [0.5, 0.6) is 0 Å². The maximum atomic E-state index is 11.8. The van der Waals surface area contributed by atoms with Crippen molar-refractivity contribution in [3.63, 3.8) is 0 Å². The molecule has 4 N–H and O–H groups in total. The summed E-state index contributed by atoms with van der Waals surface area (Å²) in [7, 11) is 1.38. The second-order valence-corrected chi connectivity index (χ2v) is 4.06. The quantitative estimate of drug-likeness (QED) is 0.640. The third-order valence-corrected chi connectivity index (χ3v) is 2.66. The van der Waals surface area contributed by atoms with Crippen LogP contribution in [-0.4, -0.2) is 36.7 Å². The summed E-state index contributed by atoms with van der Waals surface area (Å²) >= 11 is 0. The van der Waals surface area contributed by atoms with Crippen molar-refractivity contribution in [2.45, 2.75) is 19.0 Å². The minimum atomic E-state index is -1.12. The Balaban J connectivity index is 2.66. The molecule has 1 amide bonds. The fraction of sp³-hybridized carbons (Fsp3) is 0.385. The van der Waals surface area contributed by atoms with Crippen LogP contribution in [0.2, 0.25) is 0 Å². The van der Waals surface area contributed by atoms with E-state index in [-0.39, 0.29) is 18.9 Å². The van der Waals surface area contributed by atoms with E-state index in [1.165, 1.54) is 7.11 Å². The first-order valence-corrected chi connectivity index (χ1v) is 5.86. The van der Waals surface area contributed by atoms with Crippen molar-refractivity contribution >= 4 is 11.9 Å². The van der Waals surface area contributed by atoms with Crippen molar-refractivity contribution in [2.75, 3.05) is 13.7 Å². The lowest BCUT2D eigenvalue weighted by Crippen LogP contribution is -2.44. The maximum absolute atomic E-state index is 11.8. The van der Waals surface area contributed by atoms with E-state index in [9.17, 15) is 9.59 Å². The second kappa shape index (κ2) is 7.50. The van der Waals surface area contributed by atoms with Crippen molar-refractivity contribution in [3.8, 4) is 0 Å². The smallest absolute Gasteiger partial charge is 0.328 e. The molecule has 0 saturated heterocycles. The molecule has 104 valence electrons. The predicted octanol–water partition coefficient (Wildman–Crippen LogP) is -0.0964. The number of carbonyl (C=O) groups is 2. The first-order chi connectivity index (χ1) is 9.08. The summed E-state index contributed by atoms with van der Waals surface area (Å²) in [4.78, 5) is 22.7. The average Bonchev–Trinajstić information content (AvgIpc) is 2.38. The minimum absolute atomic E-state index is 0.0698. The monoisotopic (exact) mass is 266 g/mol. The van der Waals surface area contributed by atoms with Gasteiger partial charge in [0, 0.05) is 13.7 Å². The number of aliphatic carboxylic acids is 1. The molecule has 1 aromatic rings. The zero-order valence-corrected chi connectivity index (χ0v) is 10.8. The van der Waals surface area contributed by atoms with Gasteiger partial charge in [0.15, 0.2) is 6.04 Å². The molecular formula is C13H18N2O4. The van der Waals surface area contributed by atoms with Crippen LogP contribution < -0.4 is 11.1 Å². The molecule has 0 radical (unpaired) electrons. The molecule has 0 spiro atoms. The van der Waals surface area contributed by atoms with Crippen LogP contribution in [0.25, 0.3) is 0 Å². The summed E-state index contributed by atoms with van der Waals surface area (Å²) in [5, 5.41) is 11.3. The Bertz CT molecular complexity index is 448. The average molecular weight is 266 g/mol. The molecule has 0 heterocycles. The van der Waals surface area contributed by atoms with E-state index in [2.05, 4.69) is 5.32 Å². The van der Waals surface area contributed by atoms with Gasteiger partial charge in [-0.05, 0) is 11.1 Å². The fourth-order valence-electron chi connectivity index (χ4n) is 1.69. The molecule has 0 aliphatic rings. The lowest BCUT2D eigenvalue weighted by molar-refractivity contribution is -0.143. The molecule has 19 heavy (non-hydrogen) atoms. The highest BCUT2D eigenvalue weighted by molar-refractivity contribution is 5.85. The molecule has 6 heteroatoms. The molecule has 0 saturated carbocycles. The van der Waals surface area contributed by atoms with Gasteiger partial charge in [0.1, 0.15) is 0 Å². The van der Waals surface area contributed by atoms with E-state index in [1.807, 2.05) is 18.2 Å². The summed E-state index contributed by atoms with van der Waals surface area (Å²) in [5.74, 6) is -1.49. The number of nitrogens with one attached hydrogen (secondary N) is 1. The third kappa shape index (κ3) is 4.69. The number of nitrogens with two attached hydrogens (primary N) is 1. The standard InChI is InChI=1S/C13H18N2O4/c1-19-8-11(13(17)18)15-12(16)6-9-4-2-3-5-10(9)7-14/h2-5,11H,6-8,14H2,1H3,(H,15,16)(H,17,18). The fourth-order valence-corrected chi connectivity index (χ4v) is 1.69. The van der Waals surface area contributed by atoms with Gasteiger partial charge in [-0.25, -0.2) is 4.79 Å². The Labute approximate surface area is 111 Å². The van der Waals surface area contributed by atoms with Gasteiger partial charge in [-0.2, -0.15) is 0 Å². The largest absolute Gasteiger partial charge is 0.480 e. The Morgan fingerprint density at radius 3 is 2.53 bits per heavy atom. The molecule has 1 aromatic carbocycles. The van der Waals surface area contributed by atoms with Crippen molar-refractivity contribution in [1.82, 2.24) is 5.32 Å². The van der Waals surface area contributed by atoms with Crippen LogP contribution in [0.3, 0.4) is 0 Å². The van der Waals surface area contributed by atoms with Gasteiger partial charge in [0.05, 0.1) is 13.0 Å². The van der Waals surface area contributed by atoms with E-state index < -0.39 is 12.0 Å². The molecule has 1 rings (SSSR count). The predicted molar refractivity (Wildman–Crippen MR) is 69.5 cm³/mol. The number of carboxylic acid groups (broad SMARTS) is 1. The highest BCUT2D eigenvalue weighted by atomic mass is 16.5. The lowest BCUT2D eigenvalue weighted by Gasteiger charge is -2.14. The number of amides is 1. The summed E-state index contributed by atoms with van der Waals surface area (Å²) < 4.78 is 4.75. The van der Waals surface area contributed by atoms with E-state index in [4.69, 9.17) is 15.6 Å². The molecule has 0 aliphatic heterocycles. The number of hydrogen-bond acceptors (Lipinski definition) is 4. The van der Waals surface area contributed by atoms with Gasteiger partial charge in [0.2, 0.25) is 5.91 Å². The van der Waals surface area contributed by atoms with E-state index in [0.29, 0.717) is 6.54 Å². The van der Waals surface area contributed by atoms with Crippen molar-refractivity contribution < 1.29 is 19.4 Å². The number of carboxylic acids is 1. The Morgan fingerprint density at radius 2 is 2.00 bits per heavy atom. The number of benzene rings is 1. The van der Waals surface area contributed by atoms with Gasteiger partial charge in [-0.3, -0.25) is 4.79 Å². The van der Waals surface area contributed by atoms with Gasteiger partial charge in [0.25, 0.3) is 0 Å². The van der Waals surface area contributed by atoms with Crippen molar-refractivity contribution in [2.24, 2.45) is 5.73 Å². The zero-order chi connectivity index (χ0) is 14.3. The highest BCUT2D eigenvalue weighted by Crippen LogP contribution is 2.08. The summed E-state index contributed by atoms with van der Waals surface area (Å²) in [6.07, 6.45) is 0.0981. The minimum Gasteiger partial charge on any atom is -0.480 e. The summed E-state index contributed by atoms with van der Waals surface area (Å²) in [5.41, 5.74) is 7.24. The number of carbonyl (C=O) groups excluding carboxylic acids is 1. The summed E-state index contributed by atoms with van der Waals surface area (Å²) in [6, 6.07) is 6.25. The van der Waals surface area contributed by atoms with Crippen LogP contribution in [0.4, 0.5) is 0 Å². The van der Waals surface area contributed by atoms with Crippen LogP contribution in [-0.2, 0) is 27.3 Å². The lowest BCUT2D eigenvalue weighted by atomic mass is 10.0. The van der Waals surface area contributed by atoms with Gasteiger partial charge < -0.3 is 20.9 Å². The maximum Gasteiger partial charge on any atom is 0.328 e. The van der Waals surface area contributed by atoms with E-state index >= 15 is 0 Å². The molecule has 1 atom stereocenters. The topological polar surface area (TPSA) is 102 Å². The molecule has 0 aliphatic carbocycles.